The van der Waals surface area contributed by atoms with Gasteiger partial charge in [-0.3, -0.25) is 5.01 Å². The van der Waals surface area contributed by atoms with Crippen molar-refractivity contribution in [3.8, 4) is 0 Å². The van der Waals surface area contributed by atoms with Crippen LogP contribution in [0.4, 0.5) is 0 Å². The van der Waals surface area contributed by atoms with E-state index in [0.29, 0.717) is 6.04 Å². The second kappa shape index (κ2) is 4.05. The van der Waals surface area contributed by atoms with Crippen molar-refractivity contribution in [3.63, 3.8) is 0 Å². The van der Waals surface area contributed by atoms with Gasteiger partial charge in [-0.15, -0.1) is 0 Å². The van der Waals surface area contributed by atoms with Gasteiger partial charge in [0.25, 0.3) is 0 Å². The van der Waals surface area contributed by atoms with Crippen LogP contribution in [-0.4, -0.2) is 23.8 Å². The molecule has 80 valence electrons. The van der Waals surface area contributed by atoms with Crippen LogP contribution < -0.4 is 0 Å². The van der Waals surface area contributed by atoms with Crippen LogP contribution in [0.2, 0.25) is 0 Å². The predicted molar refractivity (Wildman–Crippen MR) is 64.2 cm³/mol. The molecule has 0 radical (unpaired) electrons. The Kier molecular flexibility index (Phi) is 2.76. The van der Waals surface area contributed by atoms with Crippen LogP contribution in [0.25, 0.3) is 0 Å². The molecule has 2 nitrogen and oxygen atoms in total. The van der Waals surface area contributed by atoms with Crippen LogP contribution in [0.3, 0.4) is 0 Å². The normalized spacial score (nSPS) is 20.6. The van der Waals surface area contributed by atoms with Crippen molar-refractivity contribution in [2.75, 3.05) is 7.05 Å². The molecule has 1 aliphatic rings. The molecule has 0 saturated carbocycles. The molecule has 1 aromatic carbocycles. The van der Waals surface area contributed by atoms with Crippen LogP contribution in [0, 0.1) is 6.92 Å². The maximum atomic E-state index is 4.45. The SMILES string of the molecule is CC1=NN(C)C(Cc2ccccc2C)C1. The van der Waals surface area contributed by atoms with Gasteiger partial charge in [-0.25, -0.2) is 0 Å². The number of rotatable bonds is 2. The van der Waals surface area contributed by atoms with E-state index in [1.165, 1.54) is 16.8 Å². The Labute approximate surface area is 91.6 Å². The maximum Gasteiger partial charge on any atom is 0.0560 e. The molecule has 2 heteroatoms. The fourth-order valence-corrected chi connectivity index (χ4v) is 2.16. The van der Waals surface area contributed by atoms with Crippen molar-refractivity contribution in [2.45, 2.75) is 32.7 Å². The van der Waals surface area contributed by atoms with Crippen LogP contribution in [0.15, 0.2) is 29.4 Å². The van der Waals surface area contributed by atoms with Crippen LogP contribution in [0.5, 0.6) is 0 Å². The Morgan fingerprint density at radius 3 is 2.67 bits per heavy atom. The highest BCUT2D eigenvalue weighted by molar-refractivity contribution is 5.83. The minimum Gasteiger partial charge on any atom is -0.296 e. The third-order valence-electron chi connectivity index (χ3n) is 3.10. The van der Waals surface area contributed by atoms with E-state index in [9.17, 15) is 0 Å². The Morgan fingerprint density at radius 1 is 1.33 bits per heavy atom. The van der Waals surface area contributed by atoms with Crippen LogP contribution in [0.1, 0.15) is 24.5 Å². The molecule has 0 saturated heterocycles. The van der Waals surface area contributed by atoms with Crippen molar-refractivity contribution < 1.29 is 0 Å². The molecule has 0 fully saturated rings. The lowest BCUT2D eigenvalue weighted by Gasteiger charge is -2.19. The van der Waals surface area contributed by atoms with Gasteiger partial charge in [0.05, 0.1) is 6.04 Å². The van der Waals surface area contributed by atoms with Crippen LogP contribution >= 0.6 is 0 Å². The number of benzene rings is 1. The number of likely N-dealkylation sites (N-methyl/N-ethyl adjacent to an activating group) is 1. The summed E-state index contributed by atoms with van der Waals surface area (Å²) in [6, 6.07) is 9.16. The molecule has 1 aliphatic heterocycles. The first-order valence-corrected chi connectivity index (χ1v) is 5.48. The zero-order valence-corrected chi connectivity index (χ0v) is 9.70. The lowest BCUT2D eigenvalue weighted by atomic mass is 9.99. The van der Waals surface area contributed by atoms with Gasteiger partial charge in [0.15, 0.2) is 0 Å². The van der Waals surface area contributed by atoms with E-state index in [2.05, 4.69) is 55.3 Å². The number of aryl methyl sites for hydroxylation is 1. The Morgan fingerprint density at radius 2 is 2.07 bits per heavy atom. The number of hydrazone groups is 1. The molecule has 1 atom stereocenters. The molecule has 1 heterocycles. The highest BCUT2D eigenvalue weighted by Gasteiger charge is 2.21. The smallest absolute Gasteiger partial charge is 0.0560 e. The van der Waals surface area contributed by atoms with Gasteiger partial charge in [0.1, 0.15) is 0 Å². The monoisotopic (exact) mass is 202 g/mol. The number of hydrogen-bond acceptors (Lipinski definition) is 2. The molecule has 0 aromatic heterocycles. The zero-order valence-electron chi connectivity index (χ0n) is 9.70. The molecule has 15 heavy (non-hydrogen) atoms. The first-order valence-electron chi connectivity index (χ1n) is 5.48. The molecule has 0 N–H and O–H groups in total. The quantitative estimate of drug-likeness (QED) is 0.719. The third kappa shape index (κ3) is 2.20. The first kappa shape index (κ1) is 10.2. The van der Waals surface area contributed by atoms with Crippen molar-refractivity contribution in [2.24, 2.45) is 5.10 Å². The fourth-order valence-electron chi connectivity index (χ4n) is 2.16. The summed E-state index contributed by atoms with van der Waals surface area (Å²) in [5, 5.41) is 6.55. The Hall–Kier alpha value is -1.31. The molecule has 0 bridgehead atoms. The van der Waals surface area contributed by atoms with E-state index in [-0.39, 0.29) is 0 Å². The van der Waals surface area contributed by atoms with Gasteiger partial charge in [-0.2, -0.15) is 5.10 Å². The van der Waals surface area contributed by atoms with Gasteiger partial charge < -0.3 is 0 Å². The molecular weight excluding hydrogens is 184 g/mol. The average molecular weight is 202 g/mol. The molecule has 0 aliphatic carbocycles. The summed E-state index contributed by atoms with van der Waals surface area (Å²) in [5.41, 5.74) is 4.07. The topological polar surface area (TPSA) is 15.6 Å². The minimum atomic E-state index is 0.547. The fraction of sp³-hybridized carbons (Fsp3) is 0.462. The van der Waals surface area contributed by atoms with Gasteiger partial charge >= 0.3 is 0 Å². The highest BCUT2D eigenvalue weighted by Crippen LogP contribution is 2.19. The summed E-state index contributed by atoms with van der Waals surface area (Å²) in [4.78, 5) is 0. The summed E-state index contributed by atoms with van der Waals surface area (Å²) < 4.78 is 0. The van der Waals surface area contributed by atoms with Crippen molar-refractivity contribution in [3.05, 3.63) is 35.4 Å². The lowest BCUT2D eigenvalue weighted by molar-refractivity contribution is 0.282. The zero-order chi connectivity index (χ0) is 10.8. The predicted octanol–water partition coefficient (Wildman–Crippen LogP) is 2.62. The van der Waals surface area contributed by atoms with E-state index in [1.807, 2.05) is 0 Å². The lowest BCUT2D eigenvalue weighted by Crippen LogP contribution is -2.25. The first-order chi connectivity index (χ1) is 7.16. The van der Waals surface area contributed by atoms with E-state index in [1.54, 1.807) is 0 Å². The summed E-state index contributed by atoms with van der Waals surface area (Å²) in [6.45, 7) is 4.28. The molecule has 0 amide bonds. The molecule has 0 spiro atoms. The summed E-state index contributed by atoms with van der Waals surface area (Å²) >= 11 is 0. The van der Waals surface area contributed by atoms with Crippen molar-refractivity contribution >= 4 is 5.71 Å². The third-order valence-corrected chi connectivity index (χ3v) is 3.10. The van der Waals surface area contributed by atoms with E-state index < -0.39 is 0 Å². The largest absolute Gasteiger partial charge is 0.296 e. The van der Waals surface area contributed by atoms with Gasteiger partial charge in [0, 0.05) is 19.2 Å². The summed E-state index contributed by atoms with van der Waals surface area (Å²) in [7, 11) is 2.07. The van der Waals surface area contributed by atoms with Crippen LogP contribution in [-0.2, 0) is 6.42 Å². The second-order valence-electron chi connectivity index (χ2n) is 4.40. The van der Waals surface area contributed by atoms with Gasteiger partial charge in [0.2, 0.25) is 0 Å². The number of hydrogen-bond donors (Lipinski definition) is 0. The van der Waals surface area contributed by atoms with Gasteiger partial charge in [-0.1, -0.05) is 24.3 Å². The summed E-state index contributed by atoms with van der Waals surface area (Å²) in [6.07, 6.45) is 2.20. The van der Waals surface area contributed by atoms with Crippen molar-refractivity contribution in [1.29, 1.82) is 0 Å². The molecule has 1 aromatic rings. The second-order valence-corrected chi connectivity index (χ2v) is 4.40. The van der Waals surface area contributed by atoms with Crippen molar-refractivity contribution in [1.82, 2.24) is 5.01 Å². The van der Waals surface area contributed by atoms with E-state index >= 15 is 0 Å². The molecule has 2 rings (SSSR count). The standard InChI is InChI=1S/C13H18N2/c1-10-6-4-5-7-12(10)9-13-8-11(2)14-15(13)3/h4-7,13H,8-9H2,1-3H3. The minimum absolute atomic E-state index is 0.547. The van der Waals surface area contributed by atoms with Gasteiger partial charge in [-0.05, 0) is 31.4 Å². The summed E-state index contributed by atoms with van der Waals surface area (Å²) in [5.74, 6) is 0. The van der Waals surface area contributed by atoms with E-state index in [0.717, 1.165) is 12.8 Å². The average Bonchev–Trinajstić information content (AvgIpc) is 2.49. The van der Waals surface area contributed by atoms with E-state index in [4.69, 9.17) is 0 Å². The Bertz CT molecular complexity index is 382. The highest BCUT2D eigenvalue weighted by atomic mass is 15.5. The molecule has 1 unspecified atom stereocenters. The maximum absolute atomic E-state index is 4.45. The number of nitrogens with zero attached hydrogens (tertiary/aromatic N) is 2. The molecular formula is C13H18N2. The Balaban J connectivity index is 2.08.